The van der Waals surface area contributed by atoms with Gasteiger partial charge in [0.15, 0.2) is 11.5 Å². The fourth-order valence-electron chi connectivity index (χ4n) is 2.75. The Morgan fingerprint density at radius 1 is 1.33 bits per heavy atom. The third kappa shape index (κ3) is 2.83. The molecule has 0 aliphatic heterocycles. The number of carbonyl (C=O) groups is 1. The monoisotopic (exact) mass is 359 g/mol. The largest absolute Gasteiger partial charge is 0.416 e. The molecule has 1 aromatic heterocycles. The van der Waals surface area contributed by atoms with E-state index in [1.807, 2.05) is 0 Å². The second kappa shape index (κ2) is 5.73. The number of nitrogens with zero attached hydrogens (tertiary/aromatic N) is 1. The van der Waals surface area contributed by atoms with Crippen molar-refractivity contribution in [1.82, 2.24) is 5.16 Å². The third-order valence-electron chi connectivity index (χ3n) is 4.09. The molecule has 5 nitrogen and oxygen atoms in total. The van der Waals surface area contributed by atoms with E-state index in [1.165, 1.54) is 6.20 Å². The van der Waals surface area contributed by atoms with E-state index < -0.39 is 44.2 Å². The Hall–Kier alpha value is -2.16. The lowest BCUT2D eigenvalue weighted by molar-refractivity contribution is -0.0888. The van der Waals surface area contributed by atoms with Crippen LogP contribution >= 0.6 is 0 Å². The summed E-state index contributed by atoms with van der Waals surface area (Å²) in [6.07, 6.45) is -0.136. The maximum Gasteiger partial charge on any atom is 0.416 e. The average molecular weight is 359 g/mol. The van der Waals surface area contributed by atoms with Gasteiger partial charge in [0.05, 0.1) is 28.1 Å². The summed E-state index contributed by atoms with van der Waals surface area (Å²) in [7, 11) is -2.97. The topological polar surface area (TPSA) is 77.2 Å². The minimum atomic E-state index is -4.70. The Kier molecular flexibility index (Phi) is 3.98. The first-order valence-electron chi connectivity index (χ1n) is 7.13. The minimum Gasteiger partial charge on any atom is -0.360 e. The van der Waals surface area contributed by atoms with Gasteiger partial charge < -0.3 is 4.52 Å². The standard InChI is InChI=1S/C15H12F3NO4S/c1-7-11(15(16,17)18)5-4-9(14(7)24(21)22)12(20)10-6-19-23-13(10)8-2-3-8/h4-6,8-9H,2-3H2,1H3. The normalized spacial score (nSPS) is 21.3. The van der Waals surface area contributed by atoms with Gasteiger partial charge in [0.2, 0.25) is 10.3 Å². The molecule has 0 aromatic carbocycles. The minimum absolute atomic E-state index is 0.0580. The van der Waals surface area contributed by atoms with Crippen molar-refractivity contribution in [1.29, 1.82) is 0 Å². The molecule has 0 N–H and O–H groups in total. The first-order valence-corrected chi connectivity index (χ1v) is 8.20. The molecule has 0 spiro atoms. The van der Waals surface area contributed by atoms with E-state index in [1.54, 1.807) is 0 Å². The first kappa shape index (κ1) is 16.7. The molecule has 1 unspecified atom stereocenters. The summed E-state index contributed by atoms with van der Waals surface area (Å²) in [5, 5.41) is 3.57. The molecule has 2 aliphatic rings. The van der Waals surface area contributed by atoms with Crippen molar-refractivity contribution >= 4 is 20.9 Å². The lowest BCUT2D eigenvalue weighted by atomic mass is 9.85. The number of ketones is 1. The summed E-state index contributed by atoms with van der Waals surface area (Å²) < 4.78 is 67.0. The summed E-state index contributed by atoms with van der Waals surface area (Å²) in [6, 6.07) is 0. The van der Waals surface area contributed by atoms with E-state index in [0.717, 1.165) is 31.9 Å². The van der Waals surface area contributed by atoms with Crippen molar-refractivity contribution in [2.45, 2.75) is 31.9 Å². The van der Waals surface area contributed by atoms with Crippen LogP contribution in [-0.4, -0.2) is 30.4 Å². The molecule has 24 heavy (non-hydrogen) atoms. The zero-order valence-electron chi connectivity index (χ0n) is 12.4. The molecule has 0 saturated heterocycles. The molecular formula is C15H12F3NO4S. The summed E-state index contributed by atoms with van der Waals surface area (Å²) >= 11 is 0. The van der Waals surface area contributed by atoms with Crippen molar-refractivity contribution in [2.24, 2.45) is 5.92 Å². The predicted octanol–water partition coefficient (Wildman–Crippen LogP) is 2.85. The molecule has 1 heterocycles. The lowest BCUT2D eigenvalue weighted by Crippen LogP contribution is -2.30. The van der Waals surface area contributed by atoms with Gasteiger partial charge in [-0.25, -0.2) is 0 Å². The quantitative estimate of drug-likeness (QED) is 0.613. The van der Waals surface area contributed by atoms with Crippen molar-refractivity contribution < 1.29 is 30.9 Å². The first-order chi connectivity index (χ1) is 11.2. The van der Waals surface area contributed by atoms with Crippen LogP contribution in [-0.2, 0) is 10.3 Å². The maximum atomic E-state index is 13.0. The number of Topliss-reactive ketones (excluding diaryl/α,β-unsaturated/α-hetero) is 1. The zero-order valence-corrected chi connectivity index (χ0v) is 13.2. The summed E-state index contributed by atoms with van der Waals surface area (Å²) in [4.78, 5) is 12.1. The van der Waals surface area contributed by atoms with E-state index in [0.29, 0.717) is 5.76 Å². The fourth-order valence-corrected chi connectivity index (χ4v) is 3.51. The van der Waals surface area contributed by atoms with Crippen LogP contribution in [0.2, 0.25) is 0 Å². The maximum absolute atomic E-state index is 13.0. The molecule has 1 fully saturated rings. The van der Waals surface area contributed by atoms with Crippen LogP contribution in [0.15, 0.2) is 34.0 Å². The van der Waals surface area contributed by atoms with E-state index in [-0.39, 0.29) is 11.5 Å². The van der Waals surface area contributed by atoms with Crippen LogP contribution in [0.1, 0.15) is 41.8 Å². The van der Waals surface area contributed by atoms with E-state index >= 15 is 0 Å². The van der Waals surface area contributed by atoms with E-state index in [9.17, 15) is 26.4 Å². The van der Waals surface area contributed by atoms with Gasteiger partial charge in [0.1, 0.15) is 0 Å². The van der Waals surface area contributed by atoms with Gasteiger partial charge in [0, 0.05) is 5.92 Å². The van der Waals surface area contributed by atoms with Crippen LogP contribution in [0, 0.1) is 5.92 Å². The van der Waals surface area contributed by atoms with Crippen molar-refractivity contribution in [2.75, 3.05) is 0 Å². The Bertz CT molecular complexity index is 893. The molecule has 9 heteroatoms. The number of hydrogen-bond acceptors (Lipinski definition) is 5. The third-order valence-corrected chi connectivity index (χ3v) is 5.01. The number of alkyl halides is 3. The molecule has 128 valence electrons. The van der Waals surface area contributed by atoms with Crippen molar-refractivity contribution in [3.05, 3.63) is 40.8 Å². The molecule has 0 amide bonds. The molecule has 3 rings (SSSR count). The Labute approximate surface area is 136 Å². The Morgan fingerprint density at radius 2 is 2.00 bits per heavy atom. The Morgan fingerprint density at radius 3 is 2.54 bits per heavy atom. The number of rotatable bonds is 3. The van der Waals surface area contributed by atoms with Gasteiger partial charge in [-0.3, -0.25) is 4.79 Å². The molecule has 0 radical (unpaired) electrons. The number of hydrogen-bond donors (Lipinski definition) is 0. The van der Waals surface area contributed by atoms with Gasteiger partial charge in [0.25, 0.3) is 0 Å². The lowest BCUT2D eigenvalue weighted by Gasteiger charge is -2.21. The summed E-state index contributed by atoms with van der Waals surface area (Å²) in [5.74, 6) is -1.52. The highest BCUT2D eigenvalue weighted by Crippen LogP contribution is 2.42. The molecule has 1 aromatic rings. The van der Waals surface area contributed by atoms with Gasteiger partial charge in [-0.15, -0.1) is 0 Å². The number of aromatic nitrogens is 1. The zero-order chi connectivity index (χ0) is 17.6. The number of carbonyl (C=O) groups excluding carboxylic acids is 1. The van der Waals surface area contributed by atoms with Gasteiger partial charge in [-0.05, 0) is 25.3 Å². The second-order valence-corrected chi connectivity index (χ2v) is 6.62. The SMILES string of the molecule is CC1=C(C(F)(F)F)C=CC(C(=O)c2cnoc2C2CC2)C1=S(=O)=O. The Balaban J connectivity index is 2.05. The molecular weight excluding hydrogens is 347 g/mol. The molecule has 1 saturated carbocycles. The van der Waals surface area contributed by atoms with Crippen LogP contribution in [0.4, 0.5) is 13.2 Å². The molecule has 1 atom stereocenters. The van der Waals surface area contributed by atoms with Gasteiger partial charge >= 0.3 is 6.18 Å². The van der Waals surface area contributed by atoms with Crippen LogP contribution < -0.4 is 0 Å². The number of halogens is 3. The fraction of sp³-hybridized carbons (Fsp3) is 0.400. The second-order valence-electron chi connectivity index (χ2n) is 5.71. The predicted molar refractivity (Wildman–Crippen MR) is 78.1 cm³/mol. The molecule has 0 bridgehead atoms. The number of allylic oxidation sites excluding steroid dienone is 4. The van der Waals surface area contributed by atoms with Gasteiger partial charge in [-0.1, -0.05) is 17.3 Å². The molecule has 2 aliphatic carbocycles. The van der Waals surface area contributed by atoms with Crippen LogP contribution in [0.3, 0.4) is 0 Å². The highest BCUT2D eigenvalue weighted by molar-refractivity contribution is 7.73. The highest BCUT2D eigenvalue weighted by atomic mass is 32.2. The average Bonchev–Trinajstić information content (AvgIpc) is 3.21. The highest BCUT2D eigenvalue weighted by Gasteiger charge is 2.41. The van der Waals surface area contributed by atoms with Crippen LogP contribution in [0.25, 0.3) is 0 Å². The van der Waals surface area contributed by atoms with Gasteiger partial charge in [-0.2, -0.15) is 21.6 Å². The summed E-state index contributed by atoms with van der Waals surface area (Å²) in [6.45, 7) is 1.05. The smallest absolute Gasteiger partial charge is 0.360 e. The summed E-state index contributed by atoms with van der Waals surface area (Å²) in [5.41, 5.74) is -1.42. The van der Waals surface area contributed by atoms with E-state index in [2.05, 4.69) is 5.16 Å². The van der Waals surface area contributed by atoms with E-state index in [4.69, 9.17) is 4.52 Å². The van der Waals surface area contributed by atoms with Crippen molar-refractivity contribution in [3.8, 4) is 0 Å². The van der Waals surface area contributed by atoms with Crippen molar-refractivity contribution in [3.63, 3.8) is 0 Å². The van der Waals surface area contributed by atoms with Crippen LogP contribution in [0.5, 0.6) is 0 Å².